The second-order valence-corrected chi connectivity index (χ2v) is 8.16. The second kappa shape index (κ2) is 6.37. The standard InChI is InChI=1S/C19H28N4O3/c1-18(2,3)26-17(25)22-11-9-19(10-12-22)16(24)21(4)13-23(19)15-7-5-14(20)6-8-15/h5-8H,9-13,20H2,1-4H3. The summed E-state index contributed by atoms with van der Waals surface area (Å²) in [5.41, 5.74) is 6.34. The van der Waals surface area contributed by atoms with Crippen LogP contribution < -0.4 is 10.6 Å². The van der Waals surface area contributed by atoms with E-state index in [4.69, 9.17) is 10.5 Å². The van der Waals surface area contributed by atoms with E-state index in [2.05, 4.69) is 4.90 Å². The van der Waals surface area contributed by atoms with Gasteiger partial charge in [-0.1, -0.05) is 0 Å². The molecule has 1 aromatic carbocycles. The Morgan fingerprint density at radius 1 is 1.15 bits per heavy atom. The Labute approximate surface area is 154 Å². The fraction of sp³-hybridized carbons (Fsp3) is 0.579. The molecule has 0 bridgehead atoms. The number of carbonyl (C=O) groups excluding carboxylic acids is 2. The van der Waals surface area contributed by atoms with Gasteiger partial charge in [0.05, 0.1) is 6.67 Å². The molecule has 0 atom stereocenters. The van der Waals surface area contributed by atoms with E-state index in [0.717, 1.165) is 5.69 Å². The lowest BCUT2D eigenvalue weighted by Crippen LogP contribution is -2.57. The molecule has 142 valence electrons. The third kappa shape index (κ3) is 3.30. The molecule has 7 nitrogen and oxygen atoms in total. The van der Waals surface area contributed by atoms with Gasteiger partial charge in [-0.05, 0) is 57.9 Å². The molecule has 3 rings (SSSR count). The zero-order valence-corrected chi connectivity index (χ0v) is 16.0. The Morgan fingerprint density at radius 3 is 2.27 bits per heavy atom. The number of hydrogen-bond acceptors (Lipinski definition) is 5. The van der Waals surface area contributed by atoms with E-state index in [9.17, 15) is 9.59 Å². The van der Waals surface area contributed by atoms with Crippen LogP contribution in [0.1, 0.15) is 33.6 Å². The van der Waals surface area contributed by atoms with Crippen molar-refractivity contribution in [2.75, 3.05) is 37.4 Å². The summed E-state index contributed by atoms with van der Waals surface area (Å²) in [4.78, 5) is 30.9. The van der Waals surface area contributed by atoms with Crippen molar-refractivity contribution in [1.29, 1.82) is 0 Å². The van der Waals surface area contributed by atoms with Gasteiger partial charge in [-0.2, -0.15) is 0 Å². The quantitative estimate of drug-likeness (QED) is 0.777. The van der Waals surface area contributed by atoms with Crippen LogP contribution >= 0.6 is 0 Å². The number of likely N-dealkylation sites (tertiary alicyclic amines) is 1. The van der Waals surface area contributed by atoms with E-state index in [-0.39, 0.29) is 12.0 Å². The van der Waals surface area contributed by atoms with Gasteiger partial charge in [0.2, 0.25) is 5.91 Å². The van der Waals surface area contributed by atoms with E-state index >= 15 is 0 Å². The molecule has 26 heavy (non-hydrogen) atoms. The van der Waals surface area contributed by atoms with E-state index in [1.807, 2.05) is 52.1 Å². The number of amides is 2. The molecule has 1 aromatic rings. The highest BCUT2D eigenvalue weighted by molar-refractivity contribution is 5.93. The third-order valence-electron chi connectivity index (χ3n) is 5.06. The fourth-order valence-corrected chi connectivity index (χ4v) is 3.73. The van der Waals surface area contributed by atoms with Crippen molar-refractivity contribution in [2.24, 2.45) is 0 Å². The summed E-state index contributed by atoms with van der Waals surface area (Å²) >= 11 is 0. The molecule has 1 spiro atoms. The molecule has 0 saturated carbocycles. The molecule has 7 heteroatoms. The molecule has 2 aliphatic heterocycles. The highest BCUT2D eigenvalue weighted by Crippen LogP contribution is 2.39. The Balaban J connectivity index is 1.78. The van der Waals surface area contributed by atoms with Gasteiger partial charge in [-0.3, -0.25) is 4.79 Å². The summed E-state index contributed by atoms with van der Waals surface area (Å²) < 4.78 is 5.47. The summed E-state index contributed by atoms with van der Waals surface area (Å²) in [7, 11) is 1.82. The lowest BCUT2D eigenvalue weighted by Gasteiger charge is -2.43. The van der Waals surface area contributed by atoms with Crippen molar-refractivity contribution >= 4 is 23.4 Å². The Kier molecular flexibility index (Phi) is 4.50. The van der Waals surface area contributed by atoms with Gasteiger partial charge >= 0.3 is 6.09 Å². The number of rotatable bonds is 1. The first-order chi connectivity index (χ1) is 12.1. The van der Waals surface area contributed by atoms with Gasteiger partial charge in [-0.25, -0.2) is 4.79 Å². The number of nitrogen functional groups attached to an aromatic ring is 1. The number of piperidine rings is 1. The summed E-state index contributed by atoms with van der Waals surface area (Å²) in [5.74, 6) is 0.109. The number of anilines is 2. The molecule has 0 unspecified atom stereocenters. The molecular formula is C19H28N4O3. The van der Waals surface area contributed by atoms with Crippen molar-refractivity contribution in [3.8, 4) is 0 Å². The van der Waals surface area contributed by atoms with E-state index in [1.165, 1.54) is 0 Å². The number of carbonyl (C=O) groups is 2. The topological polar surface area (TPSA) is 79.1 Å². The number of likely N-dealkylation sites (N-methyl/N-ethyl adjacent to an activating group) is 1. The molecule has 0 aromatic heterocycles. The van der Waals surface area contributed by atoms with Gasteiger partial charge in [0, 0.05) is 31.5 Å². The summed E-state index contributed by atoms with van der Waals surface area (Å²) in [6, 6.07) is 7.59. The largest absolute Gasteiger partial charge is 0.444 e. The van der Waals surface area contributed by atoms with Crippen LogP contribution in [0.2, 0.25) is 0 Å². The van der Waals surface area contributed by atoms with Gasteiger partial charge < -0.3 is 25.2 Å². The molecule has 2 N–H and O–H groups in total. The van der Waals surface area contributed by atoms with Crippen molar-refractivity contribution in [2.45, 2.75) is 44.8 Å². The normalized spacial score (nSPS) is 20.0. The number of ether oxygens (including phenoxy) is 1. The van der Waals surface area contributed by atoms with Crippen LogP contribution in [0.5, 0.6) is 0 Å². The predicted molar refractivity (Wildman–Crippen MR) is 101 cm³/mol. The lowest BCUT2D eigenvalue weighted by atomic mass is 9.85. The Hall–Kier alpha value is -2.44. The van der Waals surface area contributed by atoms with Crippen LogP contribution in [0.25, 0.3) is 0 Å². The van der Waals surface area contributed by atoms with Crippen LogP contribution in [0, 0.1) is 0 Å². The number of nitrogens with two attached hydrogens (primary N) is 1. The Morgan fingerprint density at radius 2 is 1.73 bits per heavy atom. The van der Waals surface area contributed by atoms with Gasteiger partial charge in [0.25, 0.3) is 0 Å². The van der Waals surface area contributed by atoms with Crippen LogP contribution in [-0.4, -0.2) is 59.7 Å². The summed E-state index contributed by atoms with van der Waals surface area (Å²) in [5, 5.41) is 0. The zero-order valence-electron chi connectivity index (χ0n) is 16.0. The minimum Gasteiger partial charge on any atom is -0.444 e. The molecule has 2 saturated heterocycles. The van der Waals surface area contributed by atoms with Crippen LogP contribution in [-0.2, 0) is 9.53 Å². The maximum absolute atomic E-state index is 13.0. The third-order valence-corrected chi connectivity index (χ3v) is 5.06. The van der Waals surface area contributed by atoms with E-state index in [1.54, 1.807) is 9.80 Å². The van der Waals surface area contributed by atoms with Crippen LogP contribution in [0.15, 0.2) is 24.3 Å². The average molecular weight is 360 g/mol. The molecule has 0 aliphatic carbocycles. The van der Waals surface area contributed by atoms with Crippen molar-refractivity contribution in [3.05, 3.63) is 24.3 Å². The minimum atomic E-state index is -0.608. The second-order valence-electron chi connectivity index (χ2n) is 8.16. The molecule has 0 radical (unpaired) electrons. The van der Waals surface area contributed by atoms with Crippen molar-refractivity contribution in [3.63, 3.8) is 0 Å². The lowest BCUT2D eigenvalue weighted by molar-refractivity contribution is -0.132. The Bertz CT molecular complexity index is 688. The average Bonchev–Trinajstić information content (AvgIpc) is 2.80. The SMILES string of the molecule is CN1CN(c2ccc(N)cc2)C2(CCN(C(=O)OC(C)(C)C)CC2)C1=O. The van der Waals surface area contributed by atoms with Crippen molar-refractivity contribution < 1.29 is 14.3 Å². The van der Waals surface area contributed by atoms with Crippen LogP contribution in [0.3, 0.4) is 0 Å². The van der Waals surface area contributed by atoms with Crippen molar-refractivity contribution in [1.82, 2.24) is 9.80 Å². The highest BCUT2D eigenvalue weighted by atomic mass is 16.6. The predicted octanol–water partition coefficient (Wildman–Crippen LogP) is 2.27. The van der Waals surface area contributed by atoms with E-state index < -0.39 is 11.1 Å². The van der Waals surface area contributed by atoms with Crippen LogP contribution in [0.4, 0.5) is 16.2 Å². The fourth-order valence-electron chi connectivity index (χ4n) is 3.73. The maximum atomic E-state index is 13.0. The maximum Gasteiger partial charge on any atom is 0.410 e. The first-order valence-electron chi connectivity index (χ1n) is 8.99. The summed E-state index contributed by atoms with van der Waals surface area (Å²) in [6.45, 7) is 7.10. The van der Waals surface area contributed by atoms with Gasteiger partial charge in [-0.15, -0.1) is 0 Å². The molecule has 2 heterocycles. The smallest absolute Gasteiger partial charge is 0.410 e. The first kappa shape index (κ1) is 18.4. The molecular weight excluding hydrogens is 332 g/mol. The summed E-state index contributed by atoms with van der Waals surface area (Å²) in [6.07, 6.45) is 0.852. The molecule has 2 fully saturated rings. The number of nitrogens with zero attached hydrogens (tertiary/aromatic N) is 3. The molecule has 2 aliphatic rings. The number of hydrogen-bond donors (Lipinski definition) is 1. The highest BCUT2D eigenvalue weighted by Gasteiger charge is 2.53. The molecule has 2 amide bonds. The van der Waals surface area contributed by atoms with Gasteiger partial charge in [0.15, 0.2) is 0 Å². The first-order valence-corrected chi connectivity index (χ1v) is 8.99. The number of benzene rings is 1. The zero-order chi connectivity index (χ0) is 19.1. The minimum absolute atomic E-state index is 0.109. The monoisotopic (exact) mass is 360 g/mol. The van der Waals surface area contributed by atoms with E-state index in [0.29, 0.717) is 38.3 Å². The van der Waals surface area contributed by atoms with Gasteiger partial charge in [0.1, 0.15) is 11.1 Å².